The fourth-order valence-corrected chi connectivity index (χ4v) is 2.39. The number of hydrogen-bond acceptors (Lipinski definition) is 1. The van der Waals surface area contributed by atoms with Gasteiger partial charge in [0.05, 0.1) is 5.56 Å². The summed E-state index contributed by atoms with van der Waals surface area (Å²) in [6, 6.07) is 1.96. The van der Waals surface area contributed by atoms with Crippen LogP contribution in [-0.2, 0) is 0 Å². The van der Waals surface area contributed by atoms with Crippen LogP contribution in [-0.4, -0.2) is 28.9 Å². The molecule has 3 heteroatoms. The van der Waals surface area contributed by atoms with Gasteiger partial charge in [0.1, 0.15) is 0 Å². The Morgan fingerprint density at radius 3 is 2.31 bits per heavy atom. The number of carbonyl (C=O) groups excluding carboxylic acids is 1. The Morgan fingerprint density at radius 2 is 1.81 bits per heavy atom. The van der Waals surface area contributed by atoms with Crippen molar-refractivity contribution in [1.82, 2.24) is 9.88 Å². The van der Waals surface area contributed by atoms with E-state index in [-0.39, 0.29) is 5.91 Å². The fraction of sp³-hybridized carbons (Fsp3) is 0.615. The molecule has 1 aliphatic heterocycles. The molecule has 16 heavy (non-hydrogen) atoms. The van der Waals surface area contributed by atoms with Gasteiger partial charge in [0, 0.05) is 24.5 Å². The molecule has 1 fully saturated rings. The van der Waals surface area contributed by atoms with Gasteiger partial charge in [-0.3, -0.25) is 4.79 Å². The van der Waals surface area contributed by atoms with Crippen molar-refractivity contribution < 1.29 is 4.79 Å². The molecule has 1 aromatic rings. The third kappa shape index (κ3) is 2.29. The Hall–Kier alpha value is -1.25. The van der Waals surface area contributed by atoms with Crippen molar-refractivity contribution in [3.05, 3.63) is 23.0 Å². The molecule has 0 spiro atoms. The van der Waals surface area contributed by atoms with E-state index in [9.17, 15) is 4.79 Å². The molecule has 0 aliphatic carbocycles. The molecule has 88 valence electrons. The third-order valence-corrected chi connectivity index (χ3v) is 3.27. The summed E-state index contributed by atoms with van der Waals surface area (Å²) in [4.78, 5) is 17.5. The molecule has 3 nitrogen and oxygen atoms in total. The van der Waals surface area contributed by atoms with Gasteiger partial charge in [0.2, 0.25) is 0 Å². The van der Waals surface area contributed by atoms with Crippen LogP contribution < -0.4 is 0 Å². The molecule has 1 saturated heterocycles. The van der Waals surface area contributed by atoms with Crippen molar-refractivity contribution in [2.24, 2.45) is 0 Å². The number of amides is 1. The Kier molecular flexibility index (Phi) is 3.32. The Bertz CT molecular complexity index is 373. The molecule has 0 radical (unpaired) electrons. The molecule has 1 aromatic heterocycles. The summed E-state index contributed by atoms with van der Waals surface area (Å²) in [5.74, 6) is 0.198. The maximum Gasteiger partial charge on any atom is 0.255 e. The van der Waals surface area contributed by atoms with Gasteiger partial charge in [-0.05, 0) is 32.8 Å². The number of nitrogens with one attached hydrogen (secondary N) is 1. The second kappa shape index (κ2) is 4.73. The van der Waals surface area contributed by atoms with Crippen LogP contribution in [0.2, 0.25) is 0 Å². The molecule has 0 unspecified atom stereocenters. The largest absolute Gasteiger partial charge is 0.362 e. The van der Waals surface area contributed by atoms with E-state index in [1.54, 1.807) is 0 Å². The van der Waals surface area contributed by atoms with E-state index >= 15 is 0 Å². The third-order valence-electron chi connectivity index (χ3n) is 3.27. The molecule has 0 bridgehead atoms. The topological polar surface area (TPSA) is 36.1 Å². The lowest BCUT2D eigenvalue weighted by Crippen LogP contribution is -2.31. The van der Waals surface area contributed by atoms with Crippen LogP contribution >= 0.6 is 0 Å². The predicted molar refractivity (Wildman–Crippen MR) is 64.6 cm³/mol. The van der Waals surface area contributed by atoms with E-state index in [1.165, 1.54) is 12.8 Å². The van der Waals surface area contributed by atoms with Gasteiger partial charge in [-0.15, -0.1) is 0 Å². The molecule has 0 saturated carbocycles. The first-order valence-corrected chi connectivity index (χ1v) is 6.14. The van der Waals surface area contributed by atoms with Gasteiger partial charge in [0.15, 0.2) is 0 Å². The molecule has 1 amide bonds. The molecule has 1 N–H and O–H groups in total. The molecule has 2 heterocycles. The quantitative estimate of drug-likeness (QED) is 0.776. The van der Waals surface area contributed by atoms with E-state index in [2.05, 4.69) is 4.98 Å². The van der Waals surface area contributed by atoms with Crippen LogP contribution in [0.15, 0.2) is 6.07 Å². The second-order valence-electron chi connectivity index (χ2n) is 4.70. The van der Waals surface area contributed by atoms with E-state index < -0.39 is 0 Å². The molecule has 2 rings (SSSR count). The fourth-order valence-electron chi connectivity index (χ4n) is 2.39. The van der Waals surface area contributed by atoms with E-state index in [0.717, 1.165) is 42.9 Å². The predicted octanol–water partition coefficient (Wildman–Crippen LogP) is 2.65. The summed E-state index contributed by atoms with van der Waals surface area (Å²) in [6.45, 7) is 5.80. The van der Waals surface area contributed by atoms with Gasteiger partial charge in [0.25, 0.3) is 5.91 Å². The lowest BCUT2D eigenvalue weighted by atomic mass is 10.2. The molecule has 0 aromatic carbocycles. The Morgan fingerprint density at radius 1 is 1.19 bits per heavy atom. The minimum Gasteiger partial charge on any atom is -0.362 e. The molecule has 1 aliphatic rings. The van der Waals surface area contributed by atoms with Gasteiger partial charge in [-0.25, -0.2) is 0 Å². The second-order valence-corrected chi connectivity index (χ2v) is 4.70. The highest BCUT2D eigenvalue weighted by Gasteiger charge is 2.19. The molecule has 0 atom stereocenters. The average Bonchev–Trinajstić information content (AvgIpc) is 2.49. The van der Waals surface area contributed by atoms with Crippen LogP contribution in [0.3, 0.4) is 0 Å². The number of H-pyrrole nitrogens is 1. The summed E-state index contributed by atoms with van der Waals surface area (Å²) >= 11 is 0. The zero-order chi connectivity index (χ0) is 11.5. The average molecular weight is 220 g/mol. The SMILES string of the molecule is Cc1cc(C(=O)N2CCCCCC2)c(C)[nH]1. The van der Waals surface area contributed by atoms with E-state index in [0.29, 0.717) is 0 Å². The van der Waals surface area contributed by atoms with Gasteiger partial charge < -0.3 is 9.88 Å². The summed E-state index contributed by atoms with van der Waals surface area (Å²) in [7, 11) is 0. The normalized spacial score (nSPS) is 17.2. The van der Waals surface area contributed by atoms with Crippen molar-refractivity contribution in [2.75, 3.05) is 13.1 Å². The van der Waals surface area contributed by atoms with E-state index in [1.807, 2.05) is 24.8 Å². The van der Waals surface area contributed by atoms with Crippen molar-refractivity contribution in [1.29, 1.82) is 0 Å². The zero-order valence-corrected chi connectivity index (χ0v) is 10.2. The molecular formula is C13H20N2O. The first-order valence-electron chi connectivity index (χ1n) is 6.14. The van der Waals surface area contributed by atoms with Crippen LogP contribution in [0.4, 0.5) is 0 Å². The highest BCUT2D eigenvalue weighted by molar-refractivity contribution is 5.95. The Balaban J connectivity index is 2.14. The number of aromatic nitrogens is 1. The van der Waals surface area contributed by atoms with Gasteiger partial charge in [-0.1, -0.05) is 12.8 Å². The van der Waals surface area contributed by atoms with Crippen molar-refractivity contribution >= 4 is 5.91 Å². The summed E-state index contributed by atoms with van der Waals surface area (Å²) in [5, 5.41) is 0. The number of rotatable bonds is 1. The summed E-state index contributed by atoms with van der Waals surface area (Å²) in [5.41, 5.74) is 2.90. The van der Waals surface area contributed by atoms with Crippen molar-refractivity contribution in [2.45, 2.75) is 39.5 Å². The van der Waals surface area contributed by atoms with Crippen LogP contribution in [0, 0.1) is 13.8 Å². The van der Waals surface area contributed by atoms with Crippen LogP contribution in [0.1, 0.15) is 47.4 Å². The monoisotopic (exact) mass is 220 g/mol. The lowest BCUT2D eigenvalue weighted by molar-refractivity contribution is 0.0761. The highest BCUT2D eigenvalue weighted by atomic mass is 16.2. The number of hydrogen-bond donors (Lipinski definition) is 1. The summed E-state index contributed by atoms with van der Waals surface area (Å²) in [6.07, 6.45) is 4.81. The number of nitrogens with zero attached hydrogens (tertiary/aromatic N) is 1. The maximum atomic E-state index is 12.3. The highest BCUT2D eigenvalue weighted by Crippen LogP contribution is 2.16. The number of carbonyl (C=O) groups is 1. The van der Waals surface area contributed by atoms with Crippen molar-refractivity contribution in [3.8, 4) is 0 Å². The smallest absolute Gasteiger partial charge is 0.255 e. The Labute approximate surface area is 96.8 Å². The number of aryl methyl sites for hydroxylation is 2. The first kappa shape index (κ1) is 11.2. The number of likely N-dealkylation sites (tertiary alicyclic amines) is 1. The van der Waals surface area contributed by atoms with Crippen molar-refractivity contribution in [3.63, 3.8) is 0 Å². The minimum absolute atomic E-state index is 0.198. The van der Waals surface area contributed by atoms with Gasteiger partial charge >= 0.3 is 0 Å². The van der Waals surface area contributed by atoms with Crippen LogP contribution in [0.25, 0.3) is 0 Å². The summed E-state index contributed by atoms with van der Waals surface area (Å²) < 4.78 is 0. The number of aromatic amines is 1. The maximum absolute atomic E-state index is 12.3. The lowest BCUT2D eigenvalue weighted by Gasteiger charge is -2.20. The zero-order valence-electron chi connectivity index (χ0n) is 10.2. The van der Waals surface area contributed by atoms with Gasteiger partial charge in [-0.2, -0.15) is 0 Å². The standard InChI is InChI=1S/C13H20N2O/c1-10-9-12(11(2)14-10)13(16)15-7-5-3-4-6-8-15/h9,14H,3-8H2,1-2H3. The van der Waals surface area contributed by atoms with Crippen LogP contribution in [0.5, 0.6) is 0 Å². The van der Waals surface area contributed by atoms with E-state index in [4.69, 9.17) is 0 Å². The molecular weight excluding hydrogens is 200 g/mol. The first-order chi connectivity index (χ1) is 7.68. The minimum atomic E-state index is 0.198.